The Morgan fingerprint density at radius 2 is 2.07 bits per heavy atom. The van der Waals surface area contributed by atoms with Crippen molar-refractivity contribution in [1.82, 2.24) is 5.32 Å². The minimum atomic E-state index is -0.590. The maximum Gasteiger partial charge on any atom is 0.414 e. The van der Waals surface area contributed by atoms with Gasteiger partial charge in [-0.05, 0) is 29.8 Å². The van der Waals surface area contributed by atoms with Crippen molar-refractivity contribution in [3.05, 3.63) is 47.8 Å². The lowest BCUT2D eigenvalue weighted by molar-refractivity contribution is -0.119. The average Bonchev–Trinajstić information content (AvgIpc) is 3.06. The summed E-state index contributed by atoms with van der Waals surface area (Å²) in [4.78, 5) is 24.4. The first-order chi connectivity index (χ1) is 13.4. The molecule has 7 nitrogen and oxygen atoms in total. The second kappa shape index (κ2) is 8.26. The Bertz CT molecular complexity index is 902. The molecule has 0 radical (unpaired) electrons. The zero-order valence-corrected chi connectivity index (χ0v) is 15.6. The summed E-state index contributed by atoms with van der Waals surface area (Å²) in [7, 11) is 1.47. The van der Waals surface area contributed by atoms with Crippen molar-refractivity contribution < 1.29 is 28.6 Å². The molecule has 1 heterocycles. The number of aliphatic hydroxyl groups excluding tert-OH is 1. The first-order valence-corrected chi connectivity index (χ1v) is 8.73. The Balaban J connectivity index is 1.83. The highest BCUT2D eigenvalue weighted by Gasteiger charge is 2.32. The molecule has 0 aromatic heterocycles. The highest BCUT2D eigenvalue weighted by atomic mass is 19.1. The number of rotatable bonds is 6. The van der Waals surface area contributed by atoms with Crippen LogP contribution in [0.3, 0.4) is 0 Å². The van der Waals surface area contributed by atoms with Crippen LogP contribution in [0.1, 0.15) is 12.5 Å². The molecule has 0 saturated carbocycles. The zero-order valence-electron chi connectivity index (χ0n) is 15.6. The standard InChI is InChI=1S/C20H21FN2O5/c1-12(25)22-9-15-10-23(20(26)28-15)14-4-6-16(18(21)8-14)17-5-3-13(11-24)7-19(17)27-2/h3-8,15,24H,9-11H2,1-2H3,(H,22,25)/t15-/m0/s1. The maximum atomic E-state index is 14.8. The van der Waals surface area contributed by atoms with E-state index in [-0.39, 0.29) is 25.6 Å². The van der Waals surface area contributed by atoms with Gasteiger partial charge >= 0.3 is 6.09 Å². The van der Waals surface area contributed by atoms with Crippen LogP contribution in [0, 0.1) is 5.82 Å². The lowest BCUT2D eigenvalue weighted by Gasteiger charge is -2.16. The van der Waals surface area contributed by atoms with Gasteiger partial charge in [0.25, 0.3) is 0 Å². The van der Waals surface area contributed by atoms with Crippen LogP contribution in [0.4, 0.5) is 14.9 Å². The van der Waals surface area contributed by atoms with Gasteiger partial charge in [-0.1, -0.05) is 12.1 Å². The van der Waals surface area contributed by atoms with Crippen LogP contribution in [0.2, 0.25) is 0 Å². The summed E-state index contributed by atoms with van der Waals surface area (Å²) in [6.07, 6.45) is -1.09. The summed E-state index contributed by atoms with van der Waals surface area (Å²) in [5, 5.41) is 11.8. The molecule has 3 rings (SSSR count). The number of benzene rings is 2. The zero-order chi connectivity index (χ0) is 20.3. The van der Waals surface area contributed by atoms with Crippen molar-refractivity contribution in [3.8, 4) is 16.9 Å². The van der Waals surface area contributed by atoms with Crippen LogP contribution in [-0.2, 0) is 16.1 Å². The van der Waals surface area contributed by atoms with E-state index in [9.17, 15) is 19.1 Å². The summed E-state index contributed by atoms with van der Waals surface area (Å²) in [6, 6.07) is 9.46. The molecule has 2 aromatic carbocycles. The number of carbonyl (C=O) groups excluding carboxylic acids is 2. The van der Waals surface area contributed by atoms with Gasteiger partial charge < -0.3 is 19.9 Å². The molecular weight excluding hydrogens is 367 g/mol. The summed E-state index contributed by atoms with van der Waals surface area (Å²) in [6.45, 7) is 1.65. The van der Waals surface area contributed by atoms with Gasteiger partial charge in [0.1, 0.15) is 17.7 Å². The van der Waals surface area contributed by atoms with Crippen molar-refractivity contribution in [2.24, 2.45) is 0 Å². The molecule has 8 heteroatoms. The minimum Gasteiger partial charge on any atom is -0.496 e. The largest absolute Gasteiger partial charge is 0.496 e. The second-order valence-electron chi connectivity index (χ2n) is 6.41. The van der Waals surface area contributed by atoms with E-state index in [0.29, 0.717) is 28.1 Å². The Morgan fingerprint density at radius 1 is 1.32 bits per heavy atom. The molecular formula is C20H21FN2O5. The summed E-state index contributed by atoms with van der Waals surface area (Å²) >= 11 is 0. The lowest BCUT2D eigenvalue weighted by atomic mass is 10.0. The van der Waals surface area contributed by atoms with Crippen molar-refractivity contribution >= 4 is 17.7 Å². The van der Waals surface area contributed by atoms with Crippen LogP contribution >= 0.6 is 0 Å². The molecule has 1 atom stereocenters. The number of hydrogen-bond acceptors (Lipinski definition) is 5. The third kappa shape index (κ3) is 4.07. The second-order valence-corrected chi connectivity index (χ2v) is 6.41. The van der Waals surface area contributed by atoms with Crippen LogP contribution in [0.15, 0.2) is 36.4 Å². The lowest BCUT2D eigenvalue weighted by Crippen LogP contribution is -2.33. The maximum absolute atomic E-state index is 14.8. The number of methoxy groups -OCH3 is 1. The van der Waals surface area contributed by atoms with Crippen molar-refractivity contribution in [2.45, 2.75) is 19.6 Å². The number of nitrogens with zero attached hydrogens (tertiary/aromatic N) is 1. The van der Waals surface area contributed by atoms with E-state index >= 15 is 0 Å². The third-order valence-corrected chi connectivity index (χ3v) is 4.46. The Morgan fingerprint density at radius 3 is 2.71 bits per heavy atom. The van der Waals surface area contributed by atoms with E-state index in [4.69, 9.17) is 9.47 Å². The van der Waals surface area contributed by atoms with E-state index in [1.54, 1.807) is 30.3 Å². The summed E-state index contributed by atoms with van der Waals surface area (Å²) in [5.41, 5.74) is 1.87. The van der Waals surface area contributed by atoms with Gasteiger partial charge in [0, 0.05) is 18.1 Å². The van der Waals surface area contributed by atoms with Crippen LogP contribution in [-0.4, -0.2) is 43.4 Å². The van der Waals surface area contributed by atoms with E-state index in [0.717, 1.165) is 0 Å². The number of cyclic esters (lactones) is 1. The predicted octanol–water partition coefficient (Wildman–Crippen LogP) is 2.45. The van der Waals surface area contributed by atoms with E-state index in [1.165, 1.54) is 25.0 Å². The van der Waals surface area contributed by atoms with Gasteiger partial charge in [-0.2, -0.15) is 0 Å². The van der Waals surface area contributed by atoms with Gasteiger partial charge in [0.15, 0.2) is 0 Å². The van der Waals surface area contributed by atoms with E-state index in [2.05, 4.69) is 5.32 Å². The number of anilines is 1. The first kappa shape index (κ1) is 19.6. The number of hydrogen-bond donors (Lipinski definition) is 2. The molecule has 0 aliphatic carbocycles. The van der Waals surface area contributed by atoms with E-state index < -0.39 is 18.0 Å². The van der Waals surface area contributed by atoms with Gasteiger partial charge in [-0.3, -0.25) is 9.69 Å². The summed E-state index contributed by atoms with van der Waals surface area (Å²) in [5.74, 6) is -0.300. The van der Waals surface area contributed by atoms with E-state index in [1.807, 2.05) is 0 Å². The van der Waals surface area contributed by atoms with Gasteiger partial charge in [0.05, 0.1) is 32.5 Å². The summed E-state index contributed by atoms with van der Waals surface area (Å²) < 4.78 is 25.3. The molecule has 0 unspecified atom stereocenters. The minimum absolute atomic E-state index is 0.144. The van der Waals surface area contributed by atoms with Crippen LogP contribution in [0.25, 0.3) is 11.1 Å². The molecule has 2 amide bonds. The van der Waals surface area contributed by atoms with Gasteiger partial charge in [-0.25, -0.2) is 9.18 Å². The number of amides is 2. The predicted molar refractivity (Wildman–Crippen MR) is 101 cm³/mol. The Kier molecular flexibility index (Phi) is 5.79. The van der Waals surface area contributed by atoms with Gasteiger partial charge in [0.2, 0.25) is 5.91 Å². The Hall–Kier alpha value is -3.13. The first-order valence-electron chi connectivity index (χ1n) is 8.73. The van der Waals surface area contributed by atoms with Crippen LogP contribution in [0.5, 0.6) is 5.75 Å². The SMILES string of the molecule is COc1cc(CO)ccc1-c1ccc(N2C[C@H](CNC(C)=O)OC2=O)cc1F. The van der Waals surface area contributed by atoms with Crippen LogP contribution < -0.4 is 15.0 Å². The fraction of sp³-hybridized carbons (Fsp3) is 0.300. The number of nitrogens with one attached hydrogen (secondary N) is 1. The smallest absolute Gasteiger partial charge is 0.414 e. The molecule has 148 valence electrons. The van der Waals surface area contributed by atoms with Crippen molar-refractivity contribution in [1.29, 1.82) is 0 Å². The molecule has 1 aliphatic heterocycles. The molecule has 28 heavy (non-hydrogen) atoms. The number of halogens is 1. The molecule has 2 aromatic rings. The highest BCUT2D eigenvalue weighted by molar-refractivity contribution is 5.90. The molecule has 0 spiro atoms. The molecule has 2 N–H and O–H groups in total. The van der Waals surface area contributed by atoms with Crippen molar-refractivity contribution in [2.75, 3.05) is 25.1 Å². The normalized spacial score (nSPS) is 16.1. The fourth-order valence-corrected chi connectivity index (χ4v) is 3.04. The molecule has 0 bridgehead atoms. The number of ether oxygens (including phenoxy) is 2. The third-order valence-electron chi connectivity index (χ3n) is 4.46. The number of carbonyl (C=O) groups is 2. The quantitative estimate of drug-likeness (QED) is 0.794. The molecule has 1 saturated heterocycles. The monoisotopic (exact) mass is 388 g/mol. The fourth-order valence-electron chi connectivity index (χ4n) is 3.04. The average molecular weight is 388 g/mol. The highest BCUT2D eigenvalue weighted by Crippen LogP contribution is 2.35. The Labute approximate surface area is 161 Å². The number of aliphatic hydroxyl groups is 1. The van der Waals surface area contributed by atoms with Gasteiger partial charge in [-0.15, -0.1) is 0 Å². The molecule has 1 aliphatic rings. The topological polar surface area (TPSA) is 88.1 Å². The van der Waals surface area contributed by atoms with Crippen molar-refractivity contribution in [3.63, 3.8) is 0 Å². The molecule has 1 fully saturated rings.